The molecule has 360 valence electrons. The molecule has 0 saturated carbocycles. The Kier molecular flexibility index (Phi) is 11.0. The van der Waals surface area contributed by atoms with Crippen molar-refractivity contribution in [3.05, 3.63) is 278 Å². The summed E-state index contributed by atoms with van der Waals surface area (Å²) in [6.45, 7) is 4.69. The van der Waals surface area contributed by atoms with Gasteiger partial charge < -0.3 is 0 Å². The molecule has 0 bridgehead atoms. The number of rotatable bonds is 9. The lowest BCUT2D eigenvalue weighted by Gasteiger charge is -2.21. The van der Waals surface area contributed by atoms with Gasteiger partial charge in [0.25, 0.3) is 0 Å². The van der Waals surface area contributed by atoms with Crippen molar-refractivity contribution in [3.63, 3.8) is 0 Å². The Morgan fingerprint density at radius 1 is 0.368 bits per heavy atom. The highest BCUT2D eigenvalue weighted by molar-refractivity contribution is 6.11. The highest BCUT2D eigenvalue weighted by atomic mass is 15.2. The van der Waals surface area contributed by atoms with Crippen LogP contribution in [0, 0.1) is 0 Å². The van der Waals surface area contributed by atoms with Gasteiger partial charge in [-0.05, 0) is 144 Å². The van der Waals surface area contributed by atoms with Crippen LogP contribution in [0.1, 0.15) is 42.9 Å². The van der Waals surface area contributed by atoms with E-state index in [-0.39, 0.29) is 11.3 Å². The molecule has 12 aromatic rings. The van der Waals surface area contributed by atoms with Gasteiger partial charge in [0.05, 0.1) is 11.0 Å². The monoisotopic (exact) mass is 972 g/mol. The van der Waals surface area contributed by atoms with Crippen molar-refractivity contribution in [2.24, 2.45) is 0 Å². The molecule has 1 unspecified atom stereocenters. The largest absolute Gasteiger partial charge is 0.278 e. The van der Waals surface area contributed by atoms with Gasteiger partial charge >= 0.3 is 0 Å². The van der Waals surface area contributed by atoms with Crippen LogP contribution in [0.3, 0.4) is 0 Å². The normalized spacial score (nSPS) is 14.3. The van der Waals surface area contributed by atoms with Crippen LogP contribution >= 0.6 is 0 Å². The quantitative estimate of drug-likeness (QED) is 0.145. The summed E-state index contributed by atoms with van der Waals surface area (Å²) >= 11 is 0. The van der Waals surface area contributed by atoms with Gasteiger partial charge in [0.2, 0.25) is 5.95 Å². The molecule has 0 fully saturated rings. The van der Waals surface area contributed by atoms with E-state index in [9.17, 15) is 0 Å². The third-order valence-corrected chi connectivity index (χ3v) is 15.7. The molecule has 2 aliphatic carbocycles. The Balaban J connectivity index is 0.969. The Morgan fingerprint density at radius 2 is 0.855 bits per heavy atom. The number of hydrogen-bond donors (Lipinski definition) is 0. The number of nitrogens with zero attached hydrogens (tertiary/aromatic N) is 4. The minimum atomic E-state index is -0.197. The molecular formula is C72H52N4. The zero-order valence-corrected chi connectivity index (χ0v) is 42.4. The smallest absolute Gasteiger partial charge is 0.238 e. The molecule has 4 nitrogen and oxygen atoms in total. The fourth-order valence-electron chi connectivity index (χ4n) is 11.8. The van der Waals surface area contributed by atoms with Crippen LogP contribution in [0.15, 0.2) is 261 Å². The molecule has 2 heterocycles. The maximum absolute atomic E-state index is 5.53. The maximum atomic E-state index is 5.53. The first-order valence-electron chi connectivity index (χ1n) is 26.3. The third kappa shape index (κ3) is 7.98. The summed E-state index contributed by atoms with van der Waals surface area (Å²) < 4.78 is 2.27. The Labute approximate surface area is 443 Å². The van der Waals surface area contributed by atoms with Gasteiger partial charge in [0.1, 0.15) is 0 Å². The van der Waals surface area contributed by atoms with Gasteiger partial charge in [0.15, 0.2) is 11.6 Å². The third-order valence-electron chi connectivity index (χ3n) is 15.7. The van der Waals surface area contributed by atoms with Crippen molar-refractivity contribution < 1.29 is 0 Å². The van der Waals surface area contributed by atoms with Crippen LogP contribution in [0.5, 0.6) is 0 Å². The van der Waals surface area contributed by atoms with Gasteiger partial charge in [-0.25, -0.2) is 4.98 Å². The molecule has 14 rings (SSSR count). The van der Waals surface area contributed by atoms with E-state index in [0.717, 1.165) is 67.3 Å². The number of benzene rings is 10. The van der Waals surface area contributed by atoms with E-state index < -0.39 is 0 Å². The molecule has 0 radical (unpaired) electrons. The second kappa shape index (κ2) is 18.5. The standard InChI is InChI=1S/C72H52N4/c1-72(2)65-35-17-15-33-61(65)63-45-64-62-34-16-18-36-67(62)76(68(64)46-66(63)72)71-74-69(53-31-19-29-51(37-53)59-41-55(47-21-7-3-8-22-47)39-56(42-59)48-23-9-4-10-24-48)73-70(75-71)54-32-20-30-52(38-54)60-43-57(49-25-11-5-12-26-49)40-58(44-60)50-27-13-6-14-28-50/h3-27,29-46,50H,28H2,1-2H3. The number of para-hydroxylation sites is 1. The molecule has 10 aromatic carbocycles. The molecule has 4 heteroatoms. The van der Waals surface area contributed by atoms with E-state index in [2.05, 4.69) is 279 Å². The van der Waals surface area contributed by atoms with Crippen molar-refractivity contribution in [1.29, 1.82) is 0 Å². The second-order valence-electron chi connectivity index (χ2n) is 20.8. The fourth-order valence-corrected chi connectivity index (χ4v) is 11.8. The fraction of sp³-hybridized carbons (Fsp3) is 0.0694. The number of allylic oxidation sites excluding steroid dienone is 4. The van der Waals surface area contributed by atoms with Crippen molar-refractivity contribution in [2.45, 2.75) is 31.6 Å². The molecule has 2 aromatic heterocycles. The summed E-state index contributed by atoms with van der Waals surface area (Å²) in [6, 6.07) is 85.7. The SMILES string of the molecule is CC1(C)c2ccccc2-c2cc3c4ccccc4n(-c4nc(-c5cccc(-c6cc(-c7ccccc7)cc(-c7ccccc7)c6)c5)nc(-c5cccc(-c6cc(-c7ccccc7)cc(C7C=CC=CC7)c6)c5)n4)c3cc21. The van der Waals surface area contributed by atoms with E-state index >= 15 is 0 Å². The number of aromatic nitrogens is 4. The Hall–Kier alpha value is -9.51. The van der Waals surface area contributed by atoms with E-state index in [1.165, 1.54) is 55.5 Å². The van der Waals surface area contributed by atoms with Gasteiger partial charge in [-0.2, -0.15) is 9.97 Å². The average molecular weight is 973 g/mol. The molecule has 0 spiro atoms. The molecule has 0 saturated heterocycles. The summed E-state index contributed by atoms with van der Waals surface area (Å²) in [5, 5.41) is 2.32. The van der Waals surface area contributed by atoms with Crippen LogP contribution in [0.2, 0.25) is 0 Å². The first-order valence-corrected chi connectivity index (χ1v) is 26.3. The molecule has 0 N–H and O–H groups in total. The molecule has 0 amide bonds. The van der Waals surface area contributed by atoms with Crippen molar-refractivity contribution in [1.82, 2.24) is 19.5 Å². The minimum Gasteiger partial charge on any atom is -0.278 e. The predicted octanol–water partition coefficient (Wildman–Crippen LogP) is 18.5. The predicted molar refractivity (Wildman–Crippen MR) is 315 cm³/mol. The van der Waals surface area contributed by atoms with E-state index in [1.807, 2.05) is 0 Å². The second-order valence-corrected chi connectivity index (χ2v) is 20.8. The molecular weight excluding hydrogens is 921 g/mol. The Morgan fingerprint density at radius 3 is 1.45 bits per heavy atom. The van der Waals surface area contributed by atoms with Crippen molar-refractivity contribution in [2.75, 3.05) is 0 Å². The van der Waals surface area contributed by atoms with Gasteiger partial charge in [-0.1, -0.05) is 220 Å². The lowest BCUT2D eigenvalue weighted by atomic mass is 9.82. The number of hydrogen-bond acceptors (Lipinski definition) is 3. The zero-order chi connectivity index (χ0) is 50.7. The van der Waals surface area contributed by atoms with Crippen LogP contribution in [0.25, 0.3) is 117 Å². The van der Waals surface area contributed by atoms with Crippen LogP contribution < -0.4 is 0 Å². The number of fused-ring (bicyclic) bond motifs is 6. The van der Waals surface area contributed by atoms with Gasteiger partial charge in [-0.3, -0.25) is 4.57 Å². The van der Waals surface area contributed by atoms with E-state index in [1.54, 1.807) is 0 Å². The molecule has 2 aliphatic rings. The average Bonchev–Trinajstić information content (AvgIpc) is 3.96. The highest BCUT2D eigenvalue weighted by Gasteiger charge is 2.36. The van der Waals surface area contributed by atoms with Gasteiger partial charge in [-0.15, -0.1) is 0 Å². The van der Waals surface area contributed by atoms with Gasteiger partial charge in [0, 0.05) is 33.2 Å². The van der Waals surface area contributed by atoms with Crippen LogP contribution in [-0.4, -0.2) is 19.5 Å². The summed E-state index contributed by atoms with van der Waals surface area (Å²) in [7, 11) is 0. The zero-order valence-electron chi connectivity index (χ0n) is 42.4. The van der Waals surface area contributed by atoms with Crippen LogP contribution in [-0.2, 0) is 5.41 Å². The molecule has 0 aliphatic heterocycles. The lowest BCUT2D eigenvalue weighted by molar-refractivity contribution is 0.661. The first kappa shape index (κ1) is 45.1. The van der Waals surface area contributed by atoms with Crippen LogP contribution in [0.4, 0.5) is 0 Å². The first-order chi connectivity index (χ1) is 37.4. The maximum Gasteiger partial charge on any atom is 0.238 e. The summed E-state index contributed by atoms with van der Waals surface area (Å²) in [4.78, 5) is 16.5. The molecule has 1 atom stereocenters. The van der Waals surface area contributed by atoms with Crippen molar-refractivity contribution in [3.8, 4) is 95.5 Å². The van der Waals surface area contributed by atoms with E-state index in [4.69, 9.17) is 15.0 Å². The van der Waals surface area contributed by atoms with E-state index in [0.29, 0.717) is 17.6 Å². The highest BCUT2D eigenvalue weighted by Crippen LogP contribution is 2.51. The molecule has 76 heavy (non-hydrogen) atoms. The summed E-state index contributed by atoms with van der Waals surface area (Å²) in [5.74, 6) is 2.06. The van der Waals surface area contributed by atoms with Crippen molar-refractivity contribution >= 4 is 21.8 Å². The summed E-state index contributed by atoms with van der Waals surface area (Å²) in [6.07, 6.45) is 9.86. The lowest BCUT2D eigenvalue weighted by Crippen LogP contribution is -2.15. The topological polar surface area (TPSA) is 43.6 Å². The summed E-state index contributed by atoms with van der Waals surface area (Å²) in [5.41, 5.74) is 21.7. The minimum absolute atomic E-state index is 0.197. The Bertz CT molecular complexity index is 4220.